The lowest BCUT2D eigenvalue weighted by atomic mass is 9.65. The lowest BCUT2D eigenvalue weighted by Crippen LogP contribution is -2.36. The van der Waals surface area contributed by atoms with Crippen molar-refractivity contribution in [1.29, 1.82) is 0 Å². The highest BCUT2D eigenvalue weighted by Crippen LogP contribution is 2.53. The van der Waals surface area contributed by atoms with E-state index in [4.69, 9.17) is 0 Å². The molecule has 6 heteroatoms. The predicted molar refractivity (Wildman–Crippen MR) is 94.9 cm³/mol. The second-order valence-electron chi connectivity index (χ2n) is 7.61. The first kappa shape index (κ1) is 18.3. The van der Waals surface area contributed by atoms with E-state index < -0.39 is 11.7 Å². The van der Waals surface area contributed by atoms with Crippen molar-refractivity contribution in [2.75, 3.05) is 11.9 Å². The van der Waals surface area contributed by atoms with Crippen LogP contribution in [-0.4, -0.2) is 11.7 Å². The number of halogens is 4. The summed E-state index contributed by atoms with van der Waals surface area (Å²) in [6, 6.07) is 10.0. The van der Waals surface area contributed by atoms with E-state index in [1.807, 2.05) is 0 Å². The summed E-state index contributed by atoms with van der Waals surface area (Å²) in [5.74, 6) is -0.176. The third-order valence-electron chi connectivity index (χ3n) is 6.02. The van der Waals surface area contributed by atoms with Crippen molar-refractivity contribution < 1.29 is 22.7 Å². The number of alkyl halides is 3. The van der Waals surface area contributed by atoms with Crippen molar-refractivity contribution in [2.24, 2.45) is 11.8 Å². The van der Waals surface area contributed by atoms with Crippen molar-refractivity contribution in [2.45, 2.75) is 37.4 Å². The molecule has 2 nitrogen and oxygen atoms in total. The van der Waals surface area contributed by atoms with E-state index in [1.165, 1.54) is 24.3 Å². The van der Waals surface area contributed by atoms with Gasteiger partial charge in [-0.3, -0.25) is 0 Å². The molecule has 1 aliphatic heterocycles. The summed E-state index contributed by atoms with van der Waals surface area (Å²) in [4.78, 5) is 0. The molecule has 4 atom stereocenters. The average molecular weight is 379 g/mol. The van der Waals surface area contributed by atoms with E-state index in [0.717, 1.165) is 24.5 Å². The molecule has 0 saturated heterocycles. The normalized spacial score (nSPS) is 27.4. The van der Waals surface area contributed by atoms with E-state index in [0.29, 0.717) is 17.7 Å². The molecule has 1 aliphatic carbocycles. The van der Waals surface area contributed by atoms with Crippen LogP contribution in [0.25, 0.3) is 0 Å². The zero-order chi connectivity index (χ0) is 19.2. The van der Waals surface area contributed by atoms with Crippen molar-refractivity contribution in [3.8, 4) is 0 Å². The van der Waals surface area contributed by atoms with Crippen LogP contribution in [0.1, 0.15) is 47.9 Å². The van der Waals surface area contributed by atoms with Crippen LogP contribution < -0.4 is 5.32 Å². The number of benzene rings is 2. The number of anilines is 1. The van der Waals surface area contributed by atoms with Gasteiger partial charge in [0.15, 0.2) is 0 Å². The topological polar surface area (TPSA) is 32.3 Å². The molecule has 2 aliphatic rings. The van der Waals surface area contributed by atoms with Gasteiger partial charge in [0.1, 0.15) is 5.82 Å². The van der Waals surface area contributed by atoms with Gasteiger partial charge in [-0.2, -0.15) is 13.2 Å². The Hall–Kier alpha value is -2.08. The molecule has 0 amide bonds. The van der Waals surface area contributed by atoms with E-state index in [-0.39, 0.29) is 36.2 Å². The van der Waals surface area contributed by atoms with Gasteiger partial charge in [0, 0.05) is 12.3 Å². The highest BCUT2D eigenvalue weighted by molar-refractivity contribution is 5.59. The number of rotatable bonds is 2. The smallest absolute Gasteiger partial charge is 0.396 e. The molecule has 0 aromatic heterocycles. The Morgan fingerprint density at radius 2 is 1.78 bits per heavy atom. The summed E-state index contributed by atoms with van der Waals surface area (Å²) < 4.78 is 52.9. The molecule has 27 heavy (non-hydrogen) atoms. The Labute approximate surface area is 155 Å². The molecule has 0 spiro atoms. The number of hydrogen-bond acceptors (Lipinski definition) is 2. The number of aliphatic hydroxyl groups excluding tert-OH is 1. The van der Waals surface area contributed by atoms with Crippen LogP contribution in [0.15, 0.2) is 42.5 Å². The first-order valence-corrected chi connectivity index (χ1v) is 9.21. The van der Waals surface area contributed by atoms with Gasteiger partial charge in [-0.1, -0.05) is 12.1 Å². The fourth-order valence-electron chi connectivity index (χ4n) is 4.66. The Balaban J connectivity index is 1.76. The second kappa shape index (κ2) is 6.82. The third kappa shape index (κ3) is 3.43. The van der Waals surface area contributed by atoms with Gasteiger partial charge >= 0.3 is 6.18 Å². The number of aliphatic hydroxyl groups is 1. The van der Waals surface area contributed by atoms with Crippen LogP contribution in [-0.2, 0) is 6.18 Å². The monoisotopic (exact) mass is 379 g/mol. The molecule has 1 heterocycles. The predicted octanol–water partition coefficient (Wildman–Crippen LogP) is 5.50. The summed E-state index contributed by atoms with van der Waals surface area (Å²) in [5.41, 5.74) is 1.65. The SMILES string of the molecule is OC[C@@H]1CC[C@@H]2[C@@H](c3ccc(F)cc3)Nc3ccc(C(F)(F)F)cc3[C@@H]2C1. The summed E-state index contributed by atoms with van der Waals surface area (Å²) in [6.07, 6.45) is -2.08. The van der Waals surface area contributed by atoms with Gasteiger partial charge in [0.05, 0.1) is 11.6 Å². The zero-order valence-corrected chi connectivity index (χ0v) is 14.6. The fourth-order valence-corrected chi connectivity index (χ4v) is 4.66. The molecule has 1 fully saturated rings. The molecule has 4 rings (SSSR count). The average Bonchev–Trinajstić information content (AvgIpc) is 2.66. The first-order chi connectivity index (χ1) is 12.9. The maximum absolute atomic E-state index is 13.3. The molecule has 0 unspecified atom stereocenters. The van der Waals surface area contributed by atoms with Gasteiger partial charge in [-0.25, -0.2) is 4.39 Å². The van der Waals surface area contributed by atoms with Crippen LogP contribution >= 0.6 is 0 Å². The lowest BCUT2D eigenvalue weighted by molar-refractivity contribution is -0.137. The summed E-state index contributed by atoms with van der Waals surface area (Å²) in [7, 11) is 0. The Bertz CT molecular complexity index is 818. The minimum atomic E-state index is -4.39. The summed E-state index contributed by atoms with van der Waals surface area (Å²) in [5, 5.41) is 13.0. The van der Waals surface area contributed by atoms with Crippen molar-refractivity contribution >= 4 is 5.69 Å². The van der Waals surface area contributed by atoms with Gasteiger partial charge < -0.3 is 10.4 Å². The molecule has 0 bridgehead atoms. The zero-order valence-electron chi connectivity index (χ0n) is 14.6. The molecule has 1 saturated carbocycles. The second-order valence-corrected chi connectivity index (χ2v) is 7.61. The molecule has 144 valence electrons. The molecule has 2 aromatic carbocycles. The van der Waals surface area contributed by atoms with E-state index >= 15 is 0 Å². The van der Waals surface area contributed by atoms with Gasteiger partial charge in [-0.05, 0) is 78.5 Å². The van der Waals surface area contributed by atoms with Crippen molar-refractivity contribution in [3.05, 3.63) is 65.0 Å². The summed E-state index contributed by atoms with van der Waals surface area (Å²) in [6.45, 7) is 0.0478. The Morgan fingerprint density at radius 1 is 1.04 bits per heavy atom. The van der Waals surface area contributed by atoms with Gasteiger partial charge in [0.2, 0.25) is 0 Å². The van der Waals surface area contributed by atoms with Crippen LogP contribution in [0.4, 0.5) is 23.2 Å². The van der Waals surface area contributed by atoms with Crippen LogP contribution in [0.5, 0.6) is 0 Å². The maximum Gasteiger partial charge on any atom is 0.416 e. The standard InChI is InChI=1S/C21H21F4NO/c22-15-5-2-13(3-6-15)20-16-7-1-12(11-27)9-17(16)18-10-14(21(23,24)25)4-8-19(18)26-20/h2-6,8,10,12,16-17,20,26-27H,1,7,9,11H2/t12-,16+,17-,20-/m1/s1. The third-order valence-corrected chi connectivity index (χ3v) is 6.02. The maximum atomic E-state index is 13.3. The minimum Gasteiger partial charge on any atom is -0.396 e. The van der Waals surface area contributed by atoms with Crippen molar-refractivity contribution in [3.63, 3.8) is 0 Å². The molecule has 0 radical (unpaired) electrons. The quantitative estimate of drug-likeness (QED) is 0.675. The number of fused-ring (bicyclic) bond motifs is 3. The summed E-state index contributed by atoms with van der Waals surface area (Å²) >= 11 is 0. The van der Waals surface area contributed by atoms with Crippen LogP contribution in [0.2, 0.25) is 0 Å². The molecular formula is C21H21F4NO. The molecular weight excluding hydrogens is 358 g/mol. The van der Waals surface area contributed by atoms with E-state index in [9.17, 15) is 22.7 Å². The molecule has 2 aromatic rings. The number of hydrogen-bond donors (Lipinski definition) is 2. The van der Waals surface area contributed by atoms with Crippen molar-refractivity contribution in [1.82, 2.24) is 0 Å². The fraction of sp³-hybridized carbons (Fsp3) is 0.429. The lowest BCUT2D eigenvalue weighted by Gasteiger charge is -2.45. The van der Waals surface area contributed by atoms with E-state index in [1.54, 1.807) is 12.1 Å². The number of nitrogens with one attached hydrogen (secondary N) is 1. The highest BCUT2D eigenvalue weighted by atomic mass is 19.4. The first-order valence-electron chi connectivity index (χ1n) is 9.21. The van der Waals surface area contributed by atoms with Gasteiger partial charge in [-0.15, -0.1) is 0 Å². The van der Waals surface area contributed by atoms with Gasteiger partial charge in [0.25, 0.3) is 0 Å². The highest BCUT2D eigenvalue weighted by Gasteiger charge is 2.42. The Morgan fingerprint density at radius 3 is 2.44 bits per heavy atom. The van der Waals surface area contributed by atoms with Crippen LogP contribution in [0, 0.1) is 17.7 Å². The van der Waals surface area contributed by atoms with Crippen LogP contribution in [0.3, 0.4) is 0 Å². The minimum absolute atomic E-state index is 0.0478. The van der Waals surface area contributed by atoms with E-state index in [2.05, 4.69) is 5.32 Å². The molecule has 2 N–H and O–H groups in total. The Kier molecular flexibility index (Phi) is 4.62. The largest absolute Gasteiger partial charge is 0.416 e.